The molecule has 2 heterocycles. The van der Waals surface area contributed by atoms with Crippen molar-refractivity contribution in [3.63, 3.8) is 0 Å². The predicted octanol–water partition coefficient (Wildman–Crippen LogP) is 2.33. The van der Waals surface area contributed by atoms with Crippen molar-refractivity contribution in [3.05, 3.63) is 24.3 Å². The molecular formula is C16H22N2O2S. The summed E-state index contributed by atoms with van der Waals surface area (Å²) in [7, 11) is 0. The van der Waals surface area contributed by atoms with Gasteiger partial charge in [0.25, 0.3) is 0 Å². The van der Waals surface area contributed by atoms with Crippen LogP contribution in [0.2, 0.25) is 0 Å². The van der Waals surface area contributed by atoms with Crippen molar-refractivity contribution in [3.8, 4) is 0 Å². The number of nitrogens with zero attached hydrogens (tertiary/aromatic N) is 1. The van der Waals surface area contributed by atoms with E-state index in [0.29, 0.717) is 18.6 Å². The summed E-state index contributed by atoms with van der Waals surface area (Å²) in [6.45, 7) is 0.435. The Morgan fingerprint density at radius 1 is 1.33 bits per heavy atom. The van der Waals surface area contributed by atoms with Crippen LogP contribution < -0.4 is 5.32 Å². The van der Waals surface area contributed by atoms with Gasteiger partial charge >= 0.3 is 0 Å². The Bertz CT molecular complexity index is 509. The molecule has 5 heteroatoms. The molecule has 2 atom stereocenters. The highest BCUT2D eigenvalue weighted by Gasteiger charge is 2.40. The number of amides is 1. The third kappa shape index (κ3) is 3.25. The number of carbonyl (C=O) groups excluding carboxylic acids is 1. The van der Waals surface area contributed by atoms with Gasteiger partial charge < -0.3 is 10.4 Å². The zero-order chi connectivity index (χ0) is 14.8. The second kappa shape index (κ2) is 6.38. The maximum Gasteiger partial charge on any atom is 0.238 e. The van der Waals surface area contributed by atoms with Crippen LogP contribution in [0.15, 0.2) is 29.2 Å². The minimum absolute atomic E-state index is 0.0461. The fourth-order valence-electron chi connectivity index (χ4n) is 3.61. The van der Waals surface area contributed by atoms with E-state index < -0.39 is 0 Å². The Labute approximate surface area is 129 Å². The molecule has 1 amide bonds. The van der Waals surface area contributed by atoms with Crippen LogP contribution in [0.1, 0.15) is 25.7 Å². The van der Waals surface area contributed by atoms with Gasteiger partial charge in [-0.3, -0.25) is 9.69 Å². The molecule has 4 nitrogen and oxygen atoms in total. The second-order valence-electron chi connectivity index (χ2n) is 5.93. The van der Waals surface area contributed by atoms with Crippen molar-refractivity contribution < 1.29 is 9.90 Å². The molecule has 0 spiro atoms. The third-order valence-electron chi connectivity index (χ3n) is 4.57. The molecule has 0 saturated carbocycles. The minimum atomic E-state index is -0.181. The minimum Gasteiger partial charge on any atom is -0.393 e. The molecule has 2 aliphatic rings. The third-order valence-corrected chi connectivity index (χ3v) is 5.36. The van der Waals surface area contributed by atoms with Gasteiger partial charge in [0, 0.05) is 17.0 Å². The molecule has 3 rings (SSSR count). The van der Waals surface area contributed by atoms with E-state index in [1.807, 2.05) is 30.5 Å². The van der Waals surface area contributed by atoms with Crippen LogP contribution in [0.4, 0.5) is 5.69 Å². The fourth-order valence-corrected chi connectivity index (χ4v) is 4.16. The van der Waals surface area contributed by atoms with Gasteiger partial charge in [-0.25, -0.2) is 0 Å². The highest BCUT2D eigenvalue weighted by atomic mass is 32.2. The first kappa shape index (κ1) is 14.9. The normalized spacial score (nSPS) is 28.6. The smallest absolute Gasteiger partial charge is 0.238 e. The van der Waals surface area contributed by atoms with Crippen LogP contribution in [0.3, 0.4) is 0 Å². The number of nitrogens with one attached hydrogen (secondary N) is 1. The van der Waals surface area contributed by atoms with E-state index in [9.17, 15) is 9.90 Å². The van der Waals surface area contributed by atoms with Crippen molar-refractivity contribution in [2.24, 2.45) is 0 Å². The number of benzene rings is 1. The number of anilines is 1. The standard InChI is InChI=1S/C16H22N2O2S/c1-21-15-5-3-2-4-14(15)17-16(20)10-18-11-6-7-12(18)9-13(19)8-11/h2-5,11-13,19H,6-10H2,1H3,(H,17,20). The Hall–Kier alpha value is -1.04. The lowest BCUT2D eigenvalue weighted by atomic mass is 10.00. The highest BCUT2D eigenvalue weighted by Crippen LogP contribution is 2.35. The van der Waals surface area contributed by atoms with Crippen molar-refractivity contribution in [2.75, 3.05) is 18.1 Å². The number of hydrogen-bond acceptors (Lipinski definition) is 4. The van der Waals surface area contributed by atoms with Crippen LogP contribution in [-0.2, 0) is 4.79 Å². The fraction of sp³-hybridized carbons (Fsp3) is 0.562. The molecule has 114 valence electrons. The molecule has 1 aromatic rings. The van der Waals surface area contributed by atoms with Crippen LogP contribution in [0, 0.1) is 0 Å². The highest BCUT2D eigenvalue weighted by molar-refractivity contribution is 7.98. The lowest BCUT2D eigenvalue weighted by Crippen LogP contribution is -2.47. The maximum absolute atomic E-state index is 12.3. The Morgan fingerprint density at radius 3 is 2.67 bits per heavy atom. The first-order valence-electron chi connectivity index (χ1n) is 7.54. The Balaban J connectivity index is 1.62. The summed E-state index contributed by atoms with van der Waals surface area (Å²) >= 11 is 1.64. The molecule has 2 N–H and O–H groups in total. The van der Waals surface area contributed by atoms with Gasteiger partial charge in [0.05, 0.1) is 18.3 Å². The summed E-state index contributed by atoms with van der Waals surface area (Å²) in [5.74, 6) is 0.0461. The van der Waals surface area contributed by atoms with Gasteiger partial charge in [-0.15, -0.1) is 11.8 Å². The van der Waals surface area contributed by atoms with E-state index in [0.717, 1.165) is 36.3 Å². The molecular weight excluding hydrogens is 284 g/mol. The molecule has 0 radical (unpaired) electrons. The number of thioether (sulfide) groups is 1. The Morgan fingerprint density at radius 2 is 2.00 bits per heavy atom. The van der Waals surface area contributed by atoms with E-state index in [2.05, 4.69) is 10.2 Å². The monoisotopic (exact) mass is 306 g/mol. The molecule has 2 aliphatic heterocycles. The molecule has 2 fully saturated rings. The summed E-state index contributed by atoms with van der Waals surface area (Å²) in [4.78, 5) is 15.7. The molecule has 0 aromatic heterocycles. The SMILES string of the molecule is CSc1ccccc1NC(=O)CN1C2CCC1CC(O)C2. The number of fused-ring (bicyclic) bond motifs is 2. The van der Waals surface area contributed by atoms with Crippen molar-refractivity contribution in [1.29, 1.82) is 0 Å². The zero-order valence-electron chi connectivity index (χ0n) is 12.3. The molecule has 21 heavy (non-hydrogen) atoms. The lowest BCUT2D eigenvalue weighted by Gasteiger charge is -2.36. The molecule has 2 unspecified atom stereocenters. The summed E-state index contributed by atoms with van der Waals surface area (Å²) in [6.07, 6.45) is 5.67. The number of rotatable bonds is 4. The topological polar surface area (TPSA) is 52.6 Å². The first-order valence-corrected chi connectivity index (χ1v) is 8.76. The van der Waals surface area contributed by atoms with Gasteiger partial charge in [-0.1, -0.05) is 12.1 Å². The van der Waals surface area contributed by atoms with Gasteiger partial charge in [0.15, 0.2) is 0 Å². The largest absolute Gasteiger partial charge is 0.393 e. The number of carbonyl (C=O) groups is 1. The number of piperidine rings is 1. The predicted molar refractivity (Wildman–Crippen MR) is 85.6 cm³/mol. The van der Waals surface area contributed by atoms with Gasteiger partial charge in [-0.2, -0.15) is 0 Å². The number of aliphatic hydroxyl groups excluding tert-OH is 1. The summed E-state index contributed by atoms with van der Waals surface area (Å²) in [5.41, 5.74) is 0.888. The first-order chi connectivity index (χ1) is 10.2. The van der Waals surface area contributed by atoms with E-state index in [4.69, 9.17) is 0 Å². The van der Waals surface area contributed by atoms with Crippen LogP contribution in [0.5, 0.6) is 0 Å². The Kier molecular flexibility index (Phi) is 4.52. The van der Waals surface area contributed by atoms with Crippen molar-refractivity contribution in [2.45, 2.75) is 48.8 Å². The summed E-state index contributed by atoms with van der Waals surface area (Å²) < 4.78 is 0. The number of para-hydroxylation sites is 1. The summed E-state index contributed by atoms with van der Waals surface area (Å²) in [6, 6.07) is 8.63. The summed E-state index contributed by atoms with van der Waals surface area (Å²) in [5, 5.41) is 12.8. The molecule has 1 aromatic carbocycles. The van der Waals surface area contributed by atoms with Crippen molar-refractivity contribution in [1.82, 2.24) is 4.90 Å². The second-order valence-corrected chi connectivity index (χ2v) is 6.78. The van der Waals surface area contributed by atoms with Crippen molar-refractivity contribution >= 4 is 23.4 Å². The van der Waals surface area contributed by atoms with Gasteiger partial charge in [0.2, 0.25) is 5.91 Å². The molecule has 2 saturated heterocycles. The van der Waals surface area contributed by atoms with Crippen LogP contribution in [0.25, 0.3) is 0 Å². The average molecular weight is 306 g/mol. The molecule has 0 aliphatic carbocycles. The van der Waals surface area contributed by atoms with Crippen LogP contribution in [-0.4, -0.2) is 46.9 Å². The average Bonchev–Trinajstić information content (AvgIpc) is 2.71. The van der Waals surface area contributed by atoms with Gasteiger partial charge in [-0.05, 0) is 44.1 Å². The number of hydrogen-bond donors (Lipinski definition) is 2. The molecule has 2 bridgehead atoms. The maximum atomic E-state index is 12.3. The van der Waals surface area contributed by atoms with E-state index in [1.165, 1.54) is 0 Å². The van der Waals surface area contributed by atoms with E-state index in [1.54, 1.807) is 11.8 Å². The van der Waals surface area contributed by atoms with E-state index >= 15 is 0 Å². The van der Waals surface area contributed by atoms with E-state index in [-0.39, 0.29) is 12.0 Å². The number of aliphatic hydroxyl groups is 1. The lowest BCUT2D eigenvalue weighted by molar-refractivity contribution is -0.119. The van der Waals surface area contributed by atoms with Crippen LogP contribution >= 0.6 is 11.8 Å². The quantitative estimate of drug-likeness (QED) is 0.838. The zero-order valence-corrected chi connectivity index (χ0v) is 13.1. The van der Waals surface area contributed by atoms with Gasteiger partial charge in [0.1, 0.15) is 0 Å².